The summed E-state index contributed by atoms with van der Waals surface area (Å²) in [6, 6.07) is 15.4. The third kappa shape index (κ3) is 3.75. The molecule has 0 amide bonds. The van der Waals surface area contributed by atoms with Gasteiger partial charge in [-0.05, 0) is 60.2 Å². The van der Waals surface area contributed by atoms with Gasteiger partial charge in [-0.2, -0.15) is 0 Å². The van der Waals surface area contributed by atoms with E-state index in [-0.39, 0.29) is 18.0 Å². The van der Waals surface area contributed by atoms with E-state index in [9.17, 15) is 9.18 Å². The molecule has 2 aromatic heterocycles. The SMILES string of the molecule is COc1ccc(-c2cc3ncn(CCOc4ccc(F)cc4)c(=O)c3s2)cc1. The normalized spacial score (nSPS) is 10.9. The van der Waals surface area contributed by atoms with Crippen LogP contribution < -0.4 is 15.0 Å². The molecule has 0 aliphatic rings. The Morgan fingerprint density at radius 3 is 2.50 bits per heavy atom. The molecule has 0 aliphatic carbocycles. The molecule has 4 aromatic rings. The van der Waals surface area contributed by atoms with Crippen molar-refractivity contribution >= 4 is 21.6 Å². The van der Waals surface area contributed by atoms with Crippen molar-refractivity contribution in [2.24, 2.45) is 0 Å². The first-order valence-corrected chi connectivity index (χ1v) is 9.47. The number of hydrogen-bond acceptors (Lipinski definition) is 5. The van der Waals surface area contributed by atoms with E-state index >= 15 is 0 Å². The van der Waals surface area contributed by atoms with Gasteiger partial charge in [0, 0.05) is 4.88 Å². The van der Waals surface area contributed by atoms with Crippen molar-refractivity contribution in [3.05, 3.63) is 77.1 Å². The molecule has 0 fully saturated rings. The number of nitrogens with zero attached hydrogens (tertiary/aromatic N) is 2. The van der Waals surface area contributed by atoms with Gasteiger partial charge in [0.05, 0.1) is 25.5 Å². The Balaban J connectivity index is 1.53. The molecule has 7 heteroatoms. The quantitative estimate of drug-likeness (QED) is 0.486. The smallest absolute Gasteiger partial charge is 0.271 e. The van der Waals surface area contributed by atoms with Gasteiger partial charge in [0.1, 0.15) is 28.6 Å². The largest absolute Gasteiger partial charge is 0.497 e. The van der Waals surface area contributed by atoms with E-state index in [4.69, 9.17) is 9.47 Å². The zero-order valence-electron chi connectivity index (χ0n) is 15.1. The van der Waals surface area contributed by atoms with Crippen LogP contribution in [0.4, 0.5) is 4.39 Å². The molecular weight excluding hydrogens is 379 g/mol. The van der Waals surface area contributed by atoms with Crippen LogP contribution >= 0.6 is 11.3 Å². The monoisotopic (exact) mass is 396 g/mol. The Hall–Kier alpha value is -3.19. The number of halogens is 1. The summed E-state index contributed by atoms with van der Waals surface area (Å²) in [5, 5.41) is 0. The molecule has 0 N–H and O–H groups in total. The molecule has 0 bridgehead atoms. The number of rotatable bonds is 6. The molecule has 28 heavy (non-hydrogen) atoms. The van der Waals surface area contributed by atoms with E-state index in [1.165, 1.54) is 34.4 Å². The number of benzene rings is 2. The standard InChI is InChI=1S/C21H17FN2O3S/c1-26-16-6-2-14(3-7-16)19-12-18-20(28-19)21(25)24(13-23-18)10-11-27-17-8-4-15(22)5-9-17/h2-9,12-13H,10-11H2,1H3. The van der Waals surface area contributed by atoms with Crippen molar-refractivity contribution in [3.63, 3.8) is 0 Å². The number of methoxy groups -OCH3 is 1. The number of thiophene rings is 1. The van der Waals surface area contributed by atoms with Crippen LogP contribution in [0.5, 0.6) is 11.5 Å². The lowest BCUT2D eigenvalue weighted by atomic mass is 10.2. The van der Waals surface area contributed by atoms with Crippen molar-refractivity contribution in [2.75, 3.05) is 13.7 Å². The molecule has 2 heterocycles. The van der Waals surface area contributed by atoms with Gasteiger partial charge in [0.15, 0.2) is 0 Å². The second-order valence-corrected chi connectivity index (χ2v) is 7.15. The molecule has 4 rings (SSSR count). The van der Waals surface area contributed by atoms with Crippen LogP contribution in [0.1, 0.15) is 0 Å². The summed E-state index contributed by atoms with van der Waals surface area (Å²) in [6.07, 6.45) is 1.53. The minimum Gasteiger partial charge on any atom is -0.497 e. The van der Waals surface area contributed by atoms with E-state index < -0.39 is 0 Å². The van der Waals surface area contributed by atoms with Gasteiger partial charge in [0.2, 0.25) is 0 Å². The van der Waals surface area contributed by atoms with Crippen LogP contribution in [0.15, 0.2) is 65.7 Å². The lowest BCUT2D eigenvalue weighted by Gasteiger charge is -2.07. The van der Waals surface area contributed by atoms with Crippen molar-refractivity contribution in [1.29, 1.82) is 0 Å². The molecule has 0 saturated carbocycles. The van der Waals surface area contributed by atoms with Gasteiger partial charge in [-0.1, -0.05) is 0 Å². The molecule has 2 aromatic carbocycles. The topological polar surface area (TPSA) is 53.4 Å². The van der Waals surface area contributed by atoms with Gasteiger partial charge < -0.3 is 9.47 Å². The third-order valence-electron chi connectivity index (χ3n) is 4.29. The van der Waals surface area contributed by atoms with Crippen molar-refractivity contribution in [3.8, 4) is 21.9 Å². The second-order valence-electron chi connectivity index (χ2n) is 6.10. The Morgan fingerprint density at radius 2 is 1.79 bits per heavy atom. The zero-order chi connectivity index (χ0) is 19.5. The summed E-state index contributed by atoms with van der Waals surface area (Å²) in [7, 11) is 1.63. The summed E-state index contributed by atoms with van der Waals surface area (Å²) in [5.41, 5.74) is 1.59. The number of hydrogen-bond donors (Lipinski definition) is 0. The van der Waals surface area contributed by atoms with Gasteiger partial charge >= 0.3 is 0 Å². The van der Waals surface area contributed by atoms with E-state index in [1.807, 2.05) is 30.3 Å². The zero-order valence-corrected chi connectivity index (χ0v) is 15.9. The minimum atomic E-state index is -0.316. The molecule has 5 nitrogen and oxygen atoms in total. The Morgan fingerprint density at radius 1 is 1.07 bits per heavy atom. The highest BCUT2D eigenvalue weighted by molar-refractivity contribution is 7.22. The highest BCUT2D eigenvalue weighted by Crippen LogP contribution is 2.31. The number of fused-ring (bicyclic) bond motifs is 1. The molecule has 0 radical (unpaired) electrons. The summed E-state index contributed by atoms with van der Waals surface area (Å²) in [5.74, 6) is 1.02. The molecular formula is C21H17FN2O3S. The molecule has 0 saturated heterocycles. The van der Waals surface area contributed by atoms with E-state index in [1.54, 1.807) is 19.2 Å². The third-order valence-corrected chi connectivity index (χ3v) is 5.45. The van der Waals surface area contributed by atoms with Crippen LogP contribution in [0.2, 0.25) is 0 Å². The summed E-state index contributed by atoms with van der Waals surface area (Å²) in [4.78, 5) is 18.1. The van der Waals surface area contributed by atoms with E-state index in [2.05, 4.69) is 4.98 Å². The van der Waals surface area contributed by atoms with Crippen molar-refractivity contribution in [1.82, 2.24) is 9.55 Å². The maximum atomic E-state index is 12.9. The van der Waals surface area contributed by atoms with Crippen molar-refractivity contribution in [2.45, 2.75) is 6.54 Å². The predicted octanol–water partition coefficient (Wildman–Crippen LogP) is 4.35. The fourth-order valence-electron chi connectivity index (χ4n) is 2.79. The molecule has 0 atom stereocenters. The fraction of sp³-hybridized carbons (Fsp3) is 0.143. The van der Waals surface area contributed by atoms with Crippen molar-refractivity contribution < 1.29 is 13.9 Å². The molecule has 142 valence electrons. The molecule has 0 unspecified atom stereocenters. The van der Waals surface area contributed by atoms with Crippen LogP contribution in [-0.4, -0.2) is 23.3 Å². The van der Waals surface area contributed by atoms with Crippen LogP contribution in [0.3, 0.4) is 0 Å². The fourth-order valence-corrected chi connectivity index (χ4v) is 3.86. The Labute approximate surface area is 164 Å². The highest BCUT2D eigenvalue weighted by atomic mass is 32.1. The summed E-state index contributed by atoms with van der Waals surface area (Å²) < 4.78 is 25.8. The lowest BCUT2D eigenvalue weighted by molar-refractivity contribution is 0.295. The summed E-state index contributed by atoms with van der Waals surface area (Å²) in [6.45, 7) is 0.643. The van der Waals surface area contributed by atoms with Crippen LogP contribution in [-0.2, 0) is 6.54 Å². The van der Waals surface area contributed by atoms with Crippen LogP contribution in [0.25, 0.3) is 20.7 Å². The Kier molecular flexibility index (Phi) is 5.08. The number of ether oxygens (including phenoxy) is 2. The van der Waals surface area contributed by atoms with E-state index in [0.717, 1.165) is 16.2 Å². The van der Waals surface area contributed by atoms with Gasteiger partial charge in [-0.3, -0.25) is 9.36 Å². The lowest BCUT2D eigenvalue weighted by Crippen LogP contribution is -2.22. The molecule has 0 spiro atoms. The first-order chi connectivity index (χ1) is 13.6. The summed E-state index contributed by atoms with van der Waals surface area (Å²) >= 11 is 1.42. The van der Waals surface area contributed by atoms with Gasteiger partial charge in [-0.25, -0.2) is 9.37 Å². The maximum absolute atomic E-state index is 12.9. The second kappa shape index (κ2) is 7.82. The Bertz CT molecular complexity index is 1150. The maximum Gasteiger partial charge on any atom is 0.271 e. The molecule has 0 aliphatic heterocycles. The van der Waals surface area contributed by atoms with Gasteiger partial charge in [-0.15, -0.1) is 11.3 Å². The van der Waals surface area contributed by atoms with Crippen LogP contribution in [0, 0.1) is 5.82 Å². The van der Waals surface area contributed by atoms with Gasteiger partial charge in [0.25, 0.3) is 5.56 Å². The average Bonchev–Trinajstić information content (AvgIpc) is 3.16. The first-order valence-electron chi connectivity index (χ1n) is 8.66. The van der Waals surface area contributed by atoms with E-state index in [0.29, 0.717) is 22.5 Å². The average molecular weight is 396 g/mol. The highest BCUT2D eigenvalue weighted by Gasteiger charge is 2.11. The minimum absolute atomic E-state index is 0.0996. The number of aromatic nitrogens is 2. The predicted molar refractivity (Wildman–Crippen MR) is 108 cm³/mol. The first kappa shape index (κ1) is 18.2.